The Morgan fingerprint density at radius 3 is 2.59 bits per heavy atom. The molecule has 0 heterocycles. The van der Waals surface area contributed by atoms with E-state index in [9.17, 15) is 4.79 Å². The number of ether oxygens (including phenoxy) is 4. The van der Waals surface area contributed by atoms with Crippen LogP contribution in [0.3, 0.4) is 0 Å². The molecule has 0 fully saturated rings. The number of carbonyl (C=O) groups is 1. The number of hydrogen-bond donors (Lipinski definition) is 3. The number of anilines is 1. The molecule has 2 rings (SSSR count). The fourth-order valence-corrected chi connectivity index (χ4v) is 2.90. The van der Waals surface area contributed by atoms with E-state index in [0.717, 1.165) is 11.1 Å². The van der Waals surface area contributed by atoms with E-state index in [1.165, 1.54) is 7.11 Å². The molecular formula is C21H28N2O6. The molecule has 4 N–H and O–H groups in total. The number of amides is 1. The summed E-state index contributed by atoms with van der Waals surface area (Å²) in [5.74, 6) is 1.27. The number of carbonyl (C=O) groups excluding carboxylic acids is 1. The molecule has 1 amide bonds. The maximum atomic E-state index is 12.0. The summed E-state index contributed by atoms with van der Waals surface area (Å²) < 4.78 is 21.6. The number of benzene rings is 1. The van der Waals surface area contributed by atoms with Crippen molar-refractivity contribution < 1.29 is 28.8 Å². The van der Waals surface area contributed by atoms with Crippen LogP contribution in [0.2, 0.25) is 0 Å². The first-order valence-corrected chi connectivity index (χ1v) is 9.06. The van der Waals surface area contributed by atoms with Crippen LogP contribution >= 0.6 is 0 Å². The molecule has 1 unspecified atom stereocenters. The molecule has 0 saturated carbocycles. The number of aliphatic hydroxyl groups is 1. The van der Waals surface area contributed by atoms with Crippen molar-refractivity contribution in [3.05, 3.63) is 53.0 Å². The Balaban J connectivity index is 2.26. The summed E-state index contributed by atoms with van der Waals surface area (Å²) in [5.41, 5.74) is 7.87. The van der Waals surface area contributed by atoms with Crippen LogP contribution < -0.4 is 15.8 Å². The lowest BCUT2D eigenvalue weighted by Crippen LogP contribution is -2.38. The normalized spacial score (nSPS) is 17.7. The van der Waals surface area contributed by atoms with Gasteiger partial charge < -0.3 is 35.1 Å². The maximum Gasteiger partial charge on any atom is 0.243 e. The lowest BCUT2D eigenvalue weighted by atomic mass is 9.98. The monoisotopic (exact) mass is 404 g/mol. The van der Waals surface area contributed by atoms with Crippen LogP contribution in [0.5, 0.6) is 5.75 Å². The van der Waals surface area contributed by atoms with Crippen molar-refractivity contribution in [2.45, 2.75) is 18.6 Å². The van der Waals surface area contributed by atoms with Crippen molar-refractivity contribution in [1.82, 2.24) is 0 Å². The first-order chi connectivity index (χ1) is 14.0. The molecule has 0 saturated heterocycles. The van der Waals surface area contributed by atoms with Crippen molar-refractivity contribution >= 4 is 17.7 Å². The van der Waals surface area contributed by atoms with Gasteiger partial charge in [-0.1, -0.05) is 18.2 Å². The minimum Gasteiger partial charge on any atom is -0.495 e. The molecule has 1 aliphatic rings. The van der Waals surface area contributed by atoms with Gasteiger partial charge in [-0.05, 0) is 29.3 Å². The Morgan fingerprint density at radius 1 is 1.24 bits per heavy atom. The van der Waals surface area contributed by atoms with Crippen LogP contribution in [0.25, 0.3) is 6.08 Å². The fourth-order valence-electron chi connectivity index (χ4n) is 2.90. The molecular weight excluding hydrogens is 376 g/mol. The molecule has 0 bridgehead atoms. The van der Waals surface area contributed by atoms with Gasteiger partial charge in [0.1, 0.15) is 17.9 Å². The SMILES string of the molecule is COC1=C(OC)C(OC)CC(/C=C\c2ccc(OC)c(NC(=O)[C@@H](N)CO)c2)=C1. The van der Waals surface area contributed by atoms with Crippen molar-refractivity contribution in [3.63, 3.8) is 0 Å². The van der Waals surface area contributed by atoms with Crippen LogP contribution in [0.4, 0.5) is 5.69 Å². The summed E-state index contributed by atoms with van der Waals surface area (Å²) >= 11 is 0. The molecule has 1 aromatic carbocycles. The molecule has 1 aliphatic carbocycles. The molecule has 8 heteroatoms. The van der Waals surface area contributed by atoms with Gasteiger partial charge in [0.05, 0.1) is 33.6 Å². The van der Waals surface area contributed by atoms with E-state index in [0.29, 0.717) is 29.4 Å². The predicted molar refractivity (Wildman–Crippen MR) is 110 cm³/mol. The minimum atomic E-state index is -1.01. The number of rotatable bonds is 9. The highest BCUT2D eigenvalue weighted by Crippen LogP contribution is 2.30. The highest BCUT2D eigenvalue weighted by Gasteiger charge is 2.24. The molecule has 0 spiro atoms. The van der Waals surface area contributed by atoms with E-state index in [1.807, 2.05) is 24.3 Å². The van der Waals surface area contributed by atoms with Crippen LogP contribution in [0.1, 0.15) is 12.0 Å². The van der Waals surface area contributed by atoms with Crippen molar-refractivity contribution in [2.24, 2.45) is 5.73 Å². The average molecular weight is 404 g/mol. The number of nitrogens with two attached hydrogens (primary N) is 1. The van der Waals surface area contributed by atoms with Gasteiger partial charge in [0, 0.05) is 13.5 Å². The van der Waals surface area contributed by atoms with Crippen molar-refractivity contribution in [1.29, 1.82) is 0 Å². The summed E-state index contributed by atoms with van der Waals surface area (Å²) in [5, 5.41) is 11.7. The summed E-state index contributed by atoms with van der Waals surface area (Å²) in [4.78, 5) is 12.0. The first-order valence-electron chi connectivity index (χ1n) is 9.06. The van der Waals surface area contributed by atoms with E-state index >= 15 is 0 Å². The molecule has 0 aliphatic heterocycles. The van der Waals surface area contributed by atoms with Crippen molar-refractivity contribution in [2.75, 3.05) is 40.4 Å². The Morgan fingerprint density at radius 2 is 2.00 bits per heavy atom. The lowest BCUT2D eigenvalue weighted by molar-refractivity contribution is -0.118. The molecule has 158 valence electrons. The van der Waals surface area contributed by atoms with Gasteiger partial charge in [-0.15, -0.1) is 0 Å². The van der Waals surface area contributed by atoms with E-state index in [1.54, 1.807) is 33.5 Å². The standard InChI is InChI=1S/C21H28N2O6/c1-26-17-8-7-13(9-16(17)23-21(25)15(22)12-24)5-6-14-10-18(27-2)20(29-4)19(11-14)28-3/h5-10,15,19,24H,11-12,22H2,1-4H3,(H,23,25)/b6-5-/t15-,19?/m0/s1. The largest absolute Gasteiger partial charge is 0.495 e. The predicted octanol–water partition coefficient (Wildman–Crippen LogP) is 1.82. The molecule has 2 atom stereocenters. The number of aliphatic hydroxyl groups excluding tert-OH is 1. The molecule has 29 heavy (non-hydrogen) atoms. The quantitative estimate of drug-likeness (QED) is 0.575. The van der Waals surface area contributed by atoms with E-state index in [2.05, 4.69) is 5.32 Å². The second kappa shape index (κ2) is 10.7. The Labute approximate surface area is 170 Å². The zero-order valence-corrected chi connectivity index (χ0v) is 17.1. The summed E-state index contributed by atoms with van der Waals surface area (Å²) in [6, 6.07) is 4.37. The van der Waals surface area contributed by atoms with Gasteiger partial charge >= 0.3 is 0 Å². The summed E-state index contributed by atoms with van der Waals surface area (Å²) in [6.07, 6.45) is 6.16. The highest BCUT2D eigenvalue weighted by atomic mass is 16.5. The second-order valence-electron chi connectivity index (χ2n) is 6.36. The van der Waals surface area contributed by atoms with Crippen LogP contribution in [0, 0.1) is 0 Å². The third-order valence-corrected chi connectivity index (χ3v) is 4.50. The van der Waals surface area contributed by atoms with Gasteiger partial charge in [0.2, 0.25) is 5.91 Å². The number of hydrogen-bond acceptors (Lipinski definition) is 7. The Kier molecular flexibility index (Phi) is 8.26. The van der Waals surface area contributed by atoms with Gasteiger partial charge in [0.25, 0.3) is 0 Å². The molecule has 8 nitrogen and oxygen atoms in total. The summed E-state index contributed by atoms with van der Waals surface area (Å²) in [6.45, 7) is -0.443. The van der Waals surface area contributed by atoms with Gasteiger partial charge in [-0.2, -0.15) is 0 Å². The molecule has 1 aromatic rings. The highest BCUT2D eigenvalue weighted by molar-refractivity contribution is 5.96. The molecule has 0 aromatic heterocycles. The van der Waals surface area contributed by atoms with Crippen LogP contribution in [0.15, 0.2) is 47.4 Å². The smallest absolute Gasteiger partial charge is 0.243 e. The van der Waals surface area contributed by atoms with E-state index in [4.69, 9.17) is 29.8 Å². The van der Waals surface area contributed by atoms with E-state index in [-0.39, 0.29) is 6.10 Å². The van der Waals surface area contributed by atoms with Crippen LogP contribution in [-0.4, -0.2) is 58.2 Å². The Bertz CT molecular complexity index is 815. The third kappa shape index (κ3) is 5.60. The fraction of sp³-hybridized carbons (Fsp3) is 0.381. The summed E-state index contributed by atoms with van der Waals surface area (Å²) in [7, 11) is 6.31. The van der Waals surface area contributed by atoms with Crippen LogP contribution in [-0.2, 0) is 19.0 Å². The lowest BCUT2D eigenvalue weighted by Gasteiger charge is -2.24. The number of allylic oxidation sites excluding steroid dienone is 2. The zero-order valence-electron chi connectivity index (χ0n) is 17.1. The van der Waals surface area contributed by atoms with Gasteiger partial charge in [-0.25, -0.2) is 0 Å². The van der Waals surface area contributed by atoms with Gasteiger partial charge in [-0.3, -0.25) is 4.79 Å². The average Bonchev–Trinajstić information content (AvgIpc) is 2.76. The topological polar surface area (TPSA) is 112 Å². The minimum absolute atomic E-state index is 0.231. The maximum absolute atomic E-state index is 12.0. The first kappa shape index (κ1) is 22.5. The van der Waals surface area contributed by atoms with Gasteiger partial charge in [0.15, 0.2) is 11.5 Å². The van der Waals surface area contributed by atoms with Crippen molar-refractivity contribution in [3.8, 4) is 5.75 Å². The molecule has 0 radical (unpaired) electrons. The number of methoxy groups -OCH3 is 4. The number of nitrogens with one attached hydrogen (secondary N) is 1. The van der Waals surface area contributed by atoms with E-state index < -0.39 is 18.6 Å². The zero-order chi connectivity index (χ0) is 21.4. The second-order valence-corrected chi connectivity index (χ2v) is 6.36. The third-order valence-electron chi connectivity index (χ3n) is 4.50. The Hall–Kier alpha value is -2.81.